The second-order valence-corrected chi connectivity index (χ2v) is 2.61. The summed E-state index contributed by atoms with van der Waals surface area (Å²) in [4.78, 5) is 14.7. The van der Waals surface area contributed by atoms with Crippen LogP contribution < -0.4 is 5.73 Å². The molecule has 1 aromatic heterocycles. The lowest BCUT2D eigenvalue weighted by atomic mass is 10.3. The smallest absolute Gasteiger partial charge is 0.305 e. The van der Waals surface area contributed by atoms with Crippen LogP contribution in [0.3, 0.4) is 0 Å². The molecule has 0 bridgehead atoms. The van der Waals surface area contributed by atoms with E-state index in [-0.39, 0.29) is 12.6 Å². The number of hydrogen-bond donors (Lipinski definition) is 1. The fourth-order valence-electron chi connectivity index (χ4n) is 0.787. The van der Waals surface area contributed by atoms with Gasteiger partial charge >= 0.3 is 5.97 Å². The Balaban J connectivity index is 2.46. The quantitative estimate of drug-likeness (QED) is 0.708. The molecule has 0 amide bonds. The number of rotatable bonds is 3. The van der Waals surface area contributed by atoms with Crippen molar-refractivity contribution < 1.29 is 9.53 Å². The van der Waals surface area contributed by atoms with Crippen LogP contribution in [0.1, 0.15) is 18.9 Å². The first-order valence-corrected chi connectivity index (χ1v) is 4.08. The van der Waals surface area contributed by atoms with Crippen molar-refractivity contribution in [1.29, 1.82) is 0 Å². The van der Waals surface area contributed by atoms with Crippen molar-refractivity contribution in [1.82, 2.24) is 4.98 Å². The molecule has 13 heavy (non-hydrogen) atoms. The van der Waals surface area contributed by atoms with Crippen molar-refractivity contribution in [3.05, 3.63) is 23.9 Å². The Bertz CT molecular complexity index is 282. The standard InChI is InChI=1S/C9H12N2O2/c1-2-9(12)13-6-7-3-4-8(10)11-5-7/h3-5H,2,6H2,1H3,(H2,10,11). The molecule has 0 aliphatic heterocycles. The van der Waals surface area contributed by atoms with E-state index in [1.54, 1.807) is 25.3 Å². The van der Waals surface area contributed by atoms with Crippen molar-refractivity contribution in [2.75, 3.05) is 5.73 Å². The van der Waals surface area contributed by atoms with E-state index in [1.807, 2.05) is 0 Å². The van der Waals surface area contributed by atoms with E-state index in [0.717, 1.165) is 5.56 Å². The maximum atomic E-state index is 10.8. The number of ether oxygens (including phenoxy) is 1. The molecule has 4 nitrogen and oxygen atoms in total. The fraction of sp³-hybridized carbons (Fsp3) is 0.333. The SMILES string of the molecule is CCC(=O)OCc1ccc(N)nc1. The largest absolute Gasteiger partial charge is 0.461 e. The molecule has 0 aromatic carbocycles. The van der Waals surface area contributed by atoms with Crippen LogP contribution in [-0.4, -0.2) is 11.0 Å². The lowest BCUT2D eigenvalue weighted by Crippen LogP contribution is -2.02. The van der Waals surface area contributed by atoms with E-state index >= 15 is 0 Å². The van der Waals surface area contributed by atoms with Crippen LogP contribution in [0.2, 0.25) is 0 Å². The number of esters is 1. The fourth-order valence-corrected chi connectivity index (χ4v) is 0.787. The second-order valence-electron chi connectivity index (χ2n) is 2.61. The van der Waals surface area contributed by atoms with Crippen molar-refractivity contribution >= 4 is 11.8 Å². The molecule has 0 aliphatic carbocycles. The minimum absolute atomic E-state index is 0.211. The molecule has 0 fully saturated rings. The topological polar surface area (TPSA) is 65.2 Å². The van der Waals surface area contributed by atoms with E-state index < -0.39 is 0 Å². The summed E-state index contributed by atoms with van der Waals surface area (Å²) in [5.74, 6) is 0.252. The number of pyridine rings is 1. The van der Waals surface area contributed by atoms with Gasteiger partial charge in [0.1, 0.15) is 12.4 Å². The monoisotopic (exact) mass is 180 g/mol. The molecule has 0 radical (unpaired) electrons. The average Bonchev–Trinajstić information content (AvgIpc) is 2.16. The number of aromatic nitrogens is 1. The Morgan fingerprint density at radius 3 is 2.92 bits per heavy atom. The molecule has 1 aromatic rings. The highest BCUT2D eigenvalue weighted by Crippen LogP contribution is 2.03. The van der Waals surface area contributed by atoms with Crippen molar-refractivity contribution in [3.63, 3.8) is 0 Å². The predicted molar refractivity (Wildman–Crippen MR) is 48.7 cm³/mol. The third-order valence-electron chi connectivity index (χ3n) is 1.54. The summed E-state index contributed by atoms with van der Waals surface area (Å²) < 4.78 is 4.90. The summed E-state index contributed by atoms with van der Waals surface area (Å²) in [6, 6.07) is 3.46. The molecule has 1 rings (SSSR count). The average molecular weight is 180 g/mol. The van der Waals surface area contributed by atoms with Gasteiger partial charge in [-0.2, -0.15) is 0 Å². The van der Waals surface area contributed by atoms with Gasteiger partial charge in [0.25, 0.3) is 0 Å². The molecule has 70 valence electrons. The first kappa shape index (κ1) is 9.51. The van der Waals surface area contributed by atoms with Gasteiger partial charge < -0.3 is 10.5 Å². The Labute approximate surface area is 76.7 Å². The Morgan fingerprint density at radius 2 is 2.38 bits per heavy atom. The van der Waals surface area contributed by atoms with Gasteiger partial charge in [0.15, 0.2) is 0 Å². The van der Waals surface area contributed by atoms with Crippen LogP contribution in [-0.2, 0) is 16.1 Å². The number of nitrogens with two attached hydrogens (primary N) is 1. The zero-order chi connectivity index (χ0) is 9.68. The number of carbonyl (C=O) groups excluding carboxylic acids is 1. The van der Waals surface area contributed by atoms with Crippen LogP contribution in [0.4, 0.5) is 5.82 Å². The van der Waals surface area contributed by atoms with Gasteiger partial charge in [-0.15, -0.1) is 0 Å². The van der Waals surface area contributed by atoms with E-state index in [9.17, 15) is 4.79 Å². The molecule has 0 atom stereocenters. The molecule has 4 heteroatoms. The van der Waals surface area contributed by atoms with E-state index in [2.05, 4.69) is 4.98 Å². The molecule has 1 heterocycles. The summed E-state index contributed by atoms with van der Waals surface area (Å²) in [5.41, 5.74) is 6.23. The van der Waals surface area contributed by atoms with E-state index in [0.29, 0.717) is 12.2 Å². The Morgan fingerprint density at radius 1 is 1.62 bits per heavy atom. The van der Waals surface area contributed by atoms with Gasteiger partial charge in [0.2, 0.25) is 0 Å². The number of nitrogens with zero attached hydrogens (tertiary/aromatic N) is 1. The van der Waals surface area contributed by atoms with Crippen LogP contribution in [0.15, 0.2) is 18.3 Å². The van der Waals surface area contributed by atoms with Gasteiger partial charge in [-0.05, 0) is 6.07 Å². The minimum Gasteiger partial charge on any atom is -0.461 e. The maximum absolute atomic E-state index is 10.8. The molecule has 0 saturated carbocycles. The number of carbonyl (C=O) groups is 1. The van der Waals surface area contributed by atoms with E-state index in [1.165, 1.54) is 0 Å². The summed E-state index contributed by atoms with van der Waals surface area (Å²) in [5, 5.41) is 0. The van der Waals surface area contributed by atoms with Crippen LogP contribution in [0.5, 0.6) is 0 Å². The van der Waals surface area contributed by atoms with Gasteiger partial charge in [0.05, 0.1) is 0 Å². The van der Waals surface area contributed by atoms with E-state index in [4.69, 9.17) is 10.5 Å². The summed E-state index contributed by atoms with van der Waals surface area (Å²) in [6.45, 7) is 2.02. The molecule has 2 N–H and O–H groups in total. The number of anilines is 1. The lowest BCUT2D eigenvalue weighted by molar-refractivity contribution is -0.144. The zero-order valence-corrected chi connectivity index (χ0v) is 7.49. The predicted octanol–water partition coefficient (Wildman–Crippen LogP) is 1.12. The summed E-state index contributed by atoms with van der Waals surface area (Å²) >= 11 is 0. The number of nitrogen functional groups attached to an aromatic ring is 1. The molecular weight excluding hydrogens is 168 g/mol. The first-order chi connectivity index (χ1) is 6.22. The van der Waals surface area contributed by atoms with Gasteiger partial charge in [-0.25, -0.2) is 4.98 Å². The molecule has 0 aliphatic rings. The first-order valence-electron chi connectivity index (χ1n) is 4.08. The third-order valence-corrected chi connectivity index (χ3v) is 1.54. The van der Waals surface area contributed by atoms with Gasteiger partial charge in [-0.1, -0.05) is 13.0 Å². The highest BCUT2D eigenvalue weighted by atomic mass is 16.5. The summed E-state index contributed by atoms with van der Waals surface area (Å²) in [7, 11) is 0. The Kier molecular flexibility index (Phi) is 3.25. The Hall–Kier alpha value is -1.58. The molecular formula is C9H12N2O2. The highest BCUT2D eigenvalue weighted by molar-refractivity contribution is 5.68. The minimum atomic E-state index is -0.211. The van der Waals surface area contributed by atoms with Crippen molar-refractivity contribution in [2.45, 2.75) is 20.0 Å². The molecule has 0 unspecified atom stereocenters. The van der Waals surface area contributed by atoms with Gasteiger partial charge in [-0.3, -0.25) is 4.79 Å². The lowest BCUT2D eigenvalue weighted by Gasteiger charge is -2.02. The second kappa shape index (κ2) is 4.45. The van der Waals surface area contributed by atoms with Gasteiger partial charge in [0, 0.05) is 18.2 Å². The number of hydrogen-bond acceptors (Lipinski definition) is 4. The van der Waals surface area contributed by atoms with Crippen LogP contribution >= 0.6 is 0 Å². The van der Waals surface area contributed by atoms with Crippen molar-refractivity contribution in [2.24, 2.45) is 0 Å². The van der Waals surface area contributed by atoms with Crippen LogP contribution in [0, 0.1) is 0 Å². The van der Waals surface area contributed by atoms with Crippen LogP contribution in [0.25, 0.3) is 0 Å². The molecule has 0 spiro atoms. The van der Waals surface area contributed by atoms with Crippen molar-refractivity contribution in [3.8, 4) is 0 Å². The maximum Gasteiger partial charge on any atom is 0.305 e. The third kappa shape index (κ3) is 3.11. The normalized spacial score (nSPS) is 9.62. The highest BCUT2D eigenvalue weighted by Gasteiger charge is 1.99. The zero-order valence-electron chi connectivity index (χ0n) is 7.49. The summed E-state index contributed by atoms with van der Waals surface area (Å²) in [6.07, 6.45) is 1.99. The molecule has 0 saturated heterocycles.